The monoisotopic (exact) mass is 254 g/mol. The van der Waals surface area contributed by atoms with E-state index in [1.807, 2.05) is 6.92 Å². The van der Waals surface area contributed by atoms with Gasteiger partial charge >= 0.3 is 0 Å². The Balaban J connectivity index is 2.44. The molecule has 0 radical (unpaired) electrons. The van der Waals surface area contributed by atoms with Crippen LogP contribution in [0.5, 0.6) is 0 Å². The topological polar surface area (TPSA) is 55.0 Å². The molecular weight excluding hydrogens is 236 g/mol. The molecule has 94 valence electrons. The molecule has 1 aromatic heterocycles. The van der Waals surface area contributed by atoms with Crippen LogP contribution in [0.4, 0.5) is 11.5 Å². The molecule has 2 rings (SSSR count). The predicted molar refractivity (Wildman–Crippen MR) is 71.4 cm³/mol. The average Bonchev–Trinajstić information content (AvgIpc) is 2.24. The van der Waals surface area contributed by atoms with E-state index in [9.17, 15) is 0 Å². The number of anilines is 2. The molecule has 0 bridgehead atoms. The Morgan fingerprint density at radius 3 is 2.41 bits per heavy atom. The van der Waals surface area contributed by atoms with Crippen LogP contribution in [-0.4, -0.2) is 22.1 Å². The number of nitrogens with two attached hydrogens (primary N) is 1. The zero-order chi connectivity index (χ0) is 12.6. The summed E-state index contributed by atoms with van der Waals surface area (Å²) in [7, 11) is 0. The molecule has 5 heteroatoms. The maximum Gasteiger partial charge on any atom is 0.157 e. The van der Waals surface area contributed by atoms with Crippen LogP contribution < -0.4 is 10.6 Å². The van der Waals surface area contributed by atoms with Crippen LogP contribution in [0.15, 0.2) is 0 Å². The number of nitrogen functional groups attached to an aromatic ring is 1. The first-order chi connectivity index (χ1) is 8.00. The fraction of sp³-hybridized carbons (Fsp3) is 0.667. The molecule has 1 aliphatic heterocycles. The Hall–Kier alpha value is -1.03. The number of halogens is 1. The van der Waals surface area contributed by atoms with Crippen LogP contribution in [-0.2, 0) is 0 Å². The lowest BCUT2D eigenvalue weighted by molar-refractivity contribution is 0.411. The summed E-state index contributed by atoms with van der Waals surface area (Å²) in [6.07, 6.45) is 3.60. The minimum absolute atomic E-state index is 0.359. The Kier molecular flexibility index (Phi) is 3.43. The Bertz CT molecular complexity index is 411. The van der Waals surface area contributed by atoms with Crippen molar-refractivity contribution in [2.75, 3.05) is 10.6 Å². The SMILES string of the molecule is Cc1nc(Cl)c(N)c(N2C(C)CCCC2C)n1. The third kappa shape index (κ3) is 2.32. The van der Waals surface area contributed by atoms with E-state index in [4.69, 9.17) is 17.3 Å². The summed E-state index contributed by atoms with van der Waals surface area (Å²) < 4.78 is 0. The fourth-order valence-electron chi connectivity index (χ4n) is 2.57. The van der Waals surface area contributed by atoms with Crippen molar-refractivity contribution in [3.63, 3.8) is 0 Å². The zero-order valence-corrected chi connectivity index (χ0v) is 11.3. The van der Waals surface area contributed by atoms with Crippen molar-refractivity contribution in [1.29, 1.82) is 0 Å². The largest absolute Gasteiger partial charge is 0.393 e. The van der Waals surface area contributed by atoms with Crippen molar-refractivity contribution in [2.24, 2.45) is 0 Å². The molecule has 2 N–H and O–H groups in total. The Morgan fingerprint density at radius 2 is 1.82 bits per heavy atom. The van der Waals surface area contributed by atoms with Gasteiger partial charge in [0, 0.05) is 12.1 Å². The van der Waals surface area contributed by atoms with Gasteiger partial charge in [-0.3, -0.25) is 0 Å². The molecule has 1 aromatic rings. The molecule has 0 saturated carbocycles. The van der Waals surface area contributed by atoms with Gasteiger partial charge in [0.25, 0.3) is 0 Å². The van der Waals surface area contributed by atoms with Crippen LogP contribution >= 0.6 is 11.6 Å². The molecule has 2 atom stereocenters. The molecule has 4 nitrogen and oxygen atoms in total. The second-order valence-electron chi connectivity index (χ2n) is 4.84. The number of rotatable bonds is 1. The normalized spacial score (nSPS) is 25.1. The van der Waals surface area contributed by atoms with Crippen LogP contribution in [0.3, 0.4) is 0 Å². The van der Waals surface area contributed by atoms with Gasteiger partial charge in [0.15, 0.2) is 11.0 Å². The van der Waals surface area contributed by atoms with Crippen molar-refractivity contribution in [3.05, 3.63) is 11.0 Å². The van der Waals surface area contributed by atoms with E-state index in [-0.39, 0.29) is 0 Å². The van der Waals surface area contributed by atoms with Crippen molar-refractivity contribution >= 4 is 23.1 Å². The quantitative estimate of drug-likeness (QED) is 0.783. The van der Waals surface area contributed by atoms with Crippen molar-refractivity contribution in [3.8, 4) is 0 Å². The molecule has 2 heterocycles. The van der Waals surface area contributed by atoms with E-state index < -0.39 is 0 Å². The Labute approximate surface area is 107 Å². The highest BCUT2D eigenvalue weighted by Crippen LogP contribution is 2.34. The maximum atomic E-state index is 6.03. The lowest BCUT2D eigenvalue weighted by Gasteiger charge is -2.40. The van der Waals surface area contributed by atoms with Gasteiger partial charge in [0.2, 0.25) is 0 Å². The summed E-state index contributed by atoms with van der Waals surface area (Å²) in [5, 5.41) is 0.359. The zero-order valence-electron chi connectivity index (χ0n) is 10.6. The van der Waals surface area contributed by atoms with Crippen molar-refractivity contribution in [2.45, 2.75) is 52.1 Å². The number of hydrogen-bond donors (Lipinski definition) is 1. The molecule has 0 aromatic carbocycles. The lowest BCUT2D eigenvalue weighted by Crippen LogP contribution is -2.44. The number of nitrogens with zero attached hydrogens (tertiary/aromatic N) is 3. The number of hydrogen-bond acceptors (Lipinski definition) is 4. The molecule has 2 unspecified atom stereocenters. The molecule has 0 amide bonds. The molecule has 17 heavy (non-hydrogen) atoms. The van der Waals surface area contributed by atoms with Gasteiger partial charge in [-0.2, -0.15) is 0 Å². The van der Waals surface area contributed by atoms with E-state index in [0.29, 0.717) is 28.7 Å². The van der Waals surface area contributed by atoms with Crippen LogP contribution in [0, 0.1) is 6.92 Å². The second-order valence-corrected chi connectivity index (χ2v) is 5.19. The third-order valence-electron chi connectivity index (χ3n) is 3.43. The van der Waals surface area contributed by atoms with Crippen molar-refractivity contribution in [1.82, 2.24) is 9.97 Å². The molecule has 1 aliphatic rings. The first-order valence-electron chi connectivity index (χ1n) is 6.08. The van der Waals surface area contributed by atoms with Crippen molar-refractivity contribution < 1.29 is 0 Å². The van der Waals surface area contributed by atoms with Gasteiger partial charge in [-0.15, -0.1) is 0 Å². The third-order valence-corrected chi connectivity index (χ3v) is 3.72. The summed E-state index contributed by atoms with van der Waals surface area (Å²) >= 11 is 6.03. The second kappa shape index (κ2) is 4.69. The van der Waals surface area contributed by atoms with E-state index in [1.54, 1.807) is 0 Å². The number of aryl methyl sites for hydroxylation is 1. The number of aromatic nitrogens is 2. The highest BCUT2D eigenvalue weighted by atomic mass is 35.5. The lowest BCUT2D eigenvalue weighted by atomic mass is 9.97. The summed E-state index contributed by atoms with van der Waals surface area (Å²) in [4.78, 5) is 10.8. The maximum absolute atomic E-state index is 6.03. The standard InChI is InChI=1S/C12H19ClN4/c1-7-5-4-6-8(2)17(7)12-10(14)11(13)15-9(3)16-12/h7-8H,4-6,14H2,1-3H3. The van der Waals surface area contributed by atoms with Gasteiger partial charge in [-0.1, -0.05) is 11.6 Å². The highest BCUT2D eigenvalue weighted by Gasteiger charge is 2.28. The van der Waals surface area contributed by atoms with Gasteiger partial charge in [-0.05, 0) is 40.0 Å². The molecule has 0 spiro atoms. The average molecular weight is 255 g/mol. The summed E-state index contributed by atoms with van der Waals surface area (Å²) in [6.45, 7) is 6.26. The van der Waals surface area contributed by atoms with Gasteiger partial charge in [0.05, 0.1) is 0 Å². The van der Waals surface area contributed by atoms with Gasteiger partial charge in [0.1, 0.15) is 11.5 Å². The highest BCUT2D eigenvalue weighted by molar-refractivity contribution is 6.32. The van der Waals surface area contributed by atoms with Gasteiger partial charge < -0.3 is 10.6 Å². The van der Waals surface area contributed by atoms with E-state index in [1.165, 1.54) is 19.3 Å². The van der Waals surface area contributed by atoms with Crippen LogP contribution in [0.25, 0.3) is 0 Å². The van der Waals surface area contributed by atoms with E-state index in [2.05, 4.69) is 28.7 Å². The molecule has 1 saturated heterocycles. The van der Waals surface area contributed by atoms with E-state index in [0.717, 1.165) is 5.82 Å². The number of piperidine rings is 1. The smallest absolute Gasteiger partial charge is 0.157 e. The molecular formula is C12H19ClN4. The predicted octanol–water partition coefficient (Wildman–Crippen LogP) is 2.79. The summed E-state index contributed by atoms with van der Waals surface area (Å²) in [6, 6.07) is 0.901. The van der Waals surface area contributed by atoms with Crippen LogP contribution in [0.2, 0.25) is 5.15 Å². The van der Waals surface area contributed by atoms with Gasteiger partial charge in [-0.25, -0.2) is 9.97 Å². The minimum atomic E-state index is 0.359. The molecule has 0 aliphatic carbocycles. The first kappa shape index (κ1) is 12.4. The summed E-state index contributed by atoms with van der Waals surface area (Å²) in [5.74, 6) is 1.46. The first-order valence-corrected chi connectivity index (χ1v) is 6.46. The minimum Gasteiger partial charge on any atom is -0.393 e. The Morgan fingerprint density at radius 1 is 1.24 bits per heavy atom. The molecule has 1 fully saturated rings. The summed E-state index contributed by atoms with van der Waals surface area (Å²) in [5.41, 5.74) is 6.51. The van der Waals surface area contributed by atoms with Crippen LogP contribution in [0.1, 0.15) is 38.9 Å². The van der Waals surface area contributed by atoms with E-state index >= 15 is 0 Å². The fourth-order valence-corrected chi connectivity index (χ4v) is 2.78.